The van der Waals surface area contributed by atoms with E-state index in [0.29, 0.717) is 29.7 Å². The monoisotopic (exact) mass is 433 g/mol. The lowest BCUT2D eigenvalue weighted by Gasteiger charge is -2.23. The molecule has 0 spiro atoms. The molecular formula is C23H23N5O4. The number of benzene rings is 1. The SMILES string of the molecule is CCc1cc(=O)n2[nH]c(C3CCCN3C(=O)CCc3nc4ccccc4oc3=O)cc2n1. The van der Waals surface area contributed by atoms with Gasteiger partial charge in [-0.1, -0.05) is 19.1 Å². The average molecular weight is 433 g/mol. The lowest BCUT2D eigenvalue weighted by Crippen LogP contribution is -2.31. The lowest BCUT2D eigenvalue weighted by atomic mass is 10.1. The summed E-state index contributed by atoms with van der Waals surface area (Å²) < 4.78 is 6.73. The van der Waals surface area contributed by atoms with Gasteiger partial charge in [0.25, 0.3) is 5.56 Å². The third kappa shape index (κ3) is 3.59. The Balaban J connectivity index is 1.36. The predicted molar refractivity (Wildman–Crippen MR) is 117 cm³/mol. The van der Waals surface area contributed by atoms with Gasteiger partial charge in [0.2, 0.25) is 5.91 Å². The van der Waals surface area contributed by atoms with E-state index in [2.05, 4.69) is 15.1 Å². The van der Waals surface area contributed by atoms with Gasteiger partial charge in [0, 0.05) is 37.2 Å². The fourth-order valence-electron chi connectivity index (χ4n) is 4.31. The quantitative estimate of drug-likeness (QED) is 0.517. The predicted octanol–water partition coefficient (Wildman–Crippen LogP) is 2.38. The normalized spacial score (nSPS) is 16.3. The highest BCUT2D eigenvalue weighted by Crippen LogP contribution is 2.32. The number of hydrogen-bond acceptors (Lipinski definition) is 6. The summed E-state index contributed by atoms with van der Waals surface area (Å²) >= 11 is 0. The van der Waals surface area contributed by atoms with Crippen molar-refractivity contribution in [3.05, 3.63) is 74.3 Å². The molecule has 9 nitrogen and oxygen atoms in total. The number of hydrogen-bond donors (Lipinski definition) is 1. The molecule has 1 aliphatic heterocycles. The summed E-state index contributed by atoms with van der Waals surface area (Å²) in [5, 5.41) is 3.12. The largest absolute Gasteiger partial charge is 0.420 e. The van der Waals surface area contributed by atoms with Crippen LogP contribution in [0.1, 0.15) is 49.3 Å². The zero-order valence-corrected chi connectivity index (χ0v) is 17.7. The van der Waals surface area contributed by atoms with Gasteiger partial charge in [0.1, 0.15) is 11.2 Å². The summed E-state index contributed by atoms with van der Waals surface area (Å²) in [6, 6.07) is 10.3. The fraction of sp³-hybridized carbons (Fsp3) is 0.348. The number of carbonyl (C=O) groups is 1. The molecule has 1 aromatic carbocycles. The van der Waals surface area contributed by atoms with Crippen LogP contribution in [0, 0.1) is 0 Å². The van der Waals surface area contributed by atoms with Crippen molar-refractivity contribution in [1.29, 1.82) is 0 Å². The molecule has 1 atom stereocenters. The number of likely N-dealkylation sites (tertiary alicyclic amines) is 1. The number of rotatable bonds is 5. The van der Waals surface area contributed by atoms with Crippen LogP contribution in [0.15, 0.2) is 50.4 Å². The Bertz CT molecular complexity index is 1430. The number of aryl methyl sites for hydroxylation is 2. The number of fused-ring (bicyclic) bond motifs is 2. The zero-order chi connectivity index (χ0) is 22.2. The number of aromatic amines is 1. The van der Waals surface area contributed by atoms with Crippen LogP contribution in [0.2, 0.25) is 0 Å². The van der Waals surface area contributed by atoms with Crippen molar-refractivity contribution < 1.29 is 9.21 Å². The number of carbonyl (C=O) groups excluding carboxylic acids is 1. The van der Waals surface area contributed by atoms with Crippen molar-refractivity contribution in [2.45, 2.75) is 45.1 Å². The Morgan fingerprint density at radius 1 is 1.22 bits per heavy atom. The molecule has 1 aliphatic rings. The maximum absolute atomic E-state index is 13.0. The Morgan fingerprint density at radius 2 is 2.06 bits per heavy atom. The molecule has 9 heteroatoms. The van der Waals surface area contributed by atoms with Crippen LogP contribution in [-0.2, 0) is 17.6 Å². The van der Waals surface area contributed by atoms with Gasteiger partial charge in [-0.3, -0.25) is 14.7 Å². The summed E-state index contributed by atoms with van der Waals surface area (Å²) in [6.45, 7) is 2.58. The molecule has 0 saturated carbocycles. The smallest absolute Gasteiger partial charge is 0.358 e. The zero-order valence-electron chi connectivity index (χ0n) is 17.7. The fourth-order valence-corrected chi connectivity index (χ4v) is 4.31. The minimum Gasteiger partial charge on any atom is -0.420 e. The molecule has 5 rings (SSSR count). The summed E-state index contributed by atoms with van der Waals surface area (Å²) in [4.78, 5) is 48.3. The molecule has 1 amide bonds. The summed E-state index contributed by atoms with van der Waals surface area (Å²) in [5.41, 5.74) is 2.68. The molecule has 0 radical (unpaired) electrons. The topological polar surface area (TPSA) is 114 Å². The van der Waals surface area contributed by atoms with Crippen LogP contribution in [0.4, 0.5) is 0 Å². The molecule has 4 aromatic rings. The van der Waals surface area contributed by atoms with Gasteiger partial charge in [-0.15, -0.1) is 0 Å². The van der Waals surface area contributed by atoms with E-state index in [1.165, 1.54) is 10.6 Å². The first-order valence-electron chi connectivity index (χ1n) is 10.8. The van der Waals surface area contributed by atoms with Gasteiger partial charge in [-0.2, -0.15) is 0 Å². The number of para-hydroxylation sites is 2. The molecule has 32 heavy (non-hydrogen) atoms. The Morgan fingerprint density at radius 3 is 2.91 bits per heavy atom. The highest BCUT2D eigenvalue weighted by Gasteiger charge is 2.31. The van der Waals surface area contributed by atoms with Crippen LogP contribution in [0.25, 0.3) is 16.7 Å². The number of aromatic nitrogens is 4. The third-order valence-corrected chi connectivity index (χ3v) is 5.95. The van der Waals surface area contributed by atoms with Crippen LogP contribution < -0.4 is 11.2 Å². The molecule has 0 aliphatic carbocycles. The van der Waals surface area contributed by atoms with Crippen molar-refractivity contribution in [3.8, 4) is 0 Å². The molecular weight excluding hydrogens is 410 g/mol. The van der Waals surface area contributed by atoms with Crippen molar-refractivity contribution in [2.24, 2.45) is 0 Å². The minimum absolute atomic E-state index is 0.0601. The van der Waals surface area contributed by atoms with Gasteiger partial charge in [-0.25, -0.2) is 19.3 Å². The van der Waals surface area contributed by atoms with Crippen LogP contribution in [0.3, 0.4) is 0 Å². The van der Waals surface area contributed by atoms with Crippen molar-refractivity contribution in [3.63, 3.8) is 0 Å². The van der Waals surface area contributed by atoms with Crippen molar-refractivity contribution in [2.75, 3.05) is 6.54 Å². The number of H-pyrrole nitrogens is 1. The molecule has 1 fully saturated rings. The first-order chi connectivity index (χ1) is 15.5. The van der Waals surface area contributed by atoms with Crippen LogP contribution in [-0.4, -0.2) is 36.9 Å². The van der Waals surface area contributed by atoms with E-state index in [9.17, 15) is 14.4 Å². The molecule has 4 heterocycles. The van der Waals surface area contributed by atoms with Gasteiger partial charge in [-0.05, 0) is 31.4 Å². The van der Waals surface area contributed by atoms with E-state index in [4.69, 9.17) is 4.42 Å². The second kappa shape index (κ2) is 8.07. The number of amides is 1. The lowest BCUT2D eigenvalue weighted by molar-refractivity contribution is -0.132. The van der Waals surface area contributed by atoms with Crippen molar-refractivity contribution >= 4 is 22.7 Å². The van der Waals surface area contributed by atoms with E-state index in [1.54, 1.807) is 23.1 Å². The Labute approximate surface area is 182 Å². The van der Waals surface area contributed by atoms with Gasteiger partial charge in [0.05, 0.1) is 11.7 Å². The molecule has 164 valence electrons. The van der Waals surface area contributed by atoms with Gasteiger partial charge >= 0.3 is 5.63 Å². The van der Waals surface area contributed by atoms with E-state index >= 15 is 0 Å². The van der Waals surface area contributed by atoms with Gasteiger partial charge < -0.3 is 9.32 Å². The minimum atomic E-state index is -0.512. The second-order valence-corrected chi connectivity index (χ2v) is 8.01. The maximum Gasteiger partial charge on any atom is 0.358 e. The first kappa shape index (κ1) is 20.2. The van der Waals surface area contributed by atoms with E-state index in [0.717, 1.165) is 24.2 Å². The number of nitrogens with one attached hydrogen (secondary N) is 1. The van der Waals surface area contributed by atoms with E-state index in [-0.39, 0.29) is 36.0 Å². The molecule has 1 saturated heterocycles. The molecule has 1 unspecified atom stereocenters. The molecule has 3 aromatic heterocycles. The third-order valence-electron chi connectivity index (χ3n) is 5.95. The summed E-state index contributed by atoms with van der Waals surface area (Å²) in [7, 11) is 0. The Kier molecular flexibility index (Phi) is 5.08. The first-order valence-corrected chi connectivity index (χ1v) is 10.8. The highest BCUT2D eigenvalue weighted by atomic mass is 16.4. The Hall–Kier alpha value is -3.75. The highest BCUT2D eigenvalue weighted by molar-refractivity contribution is 5.77. The average Bonchev–Trinajstić information content (AvgIpc) is 3.44. The molecule has 0 bridgehead atoms. The van der Waals surface area contributed by atoms with E-state index in [1.807, 2.05) is 19.1 Å². The van der Waals surface area contributed by atoms with Gasteiger partial charge in [0.15, 0.2) is 11.2 Å². The van der Waals surface area contributed by atoms with E-state index < -0.39 is 5.63 Å². The van der Waals surface area contributed by atoms with Crippen LogP contribution in [0.5, 0.6) is 0 Å². The van der Waals surface area contributed by atoms with Crippen molar-refractivity contribution in [1.82, 2.24) is 24.5 Å². The molecule has 1 N–H and O–H groups in total. The second-order valence-electron chi connectivity index (χ2n) is 8.01. The summed E-state index contributed by atoms with van der Waals surface area (Å²) in [5.74, 6) is -0.0601. The van der Waals surface area contributed by atoms with Crippen LogP contribution >= 0.6 is 0 Å². The maximum atomic E-state index is 13.0. The summed E-state index contributed by atoms with van der Waals surface area (Å²) in [6.07, 6.45) is 2.71. The number of nitrogens with zero attached hydrogens (tertiary/aromatic N) is 4. The standard InChI is InChI=1S/C23H23N5O4/c1-2-14-12-22(30)28-20(24-14)13-17(26-28)18-7-5-11-27(18)21(29)10-9-16-23(31)32-19-8-4-3-6-15(19)25-16/h3-4,6,8,12-13,18,26H,2,5,7,9-11H2,1H3.